The van der Waals surface area contributed by atoms with Gasteiger partial charge in [-0.05, 0) is 12.1 Å². The molecule has 0 spiro atoms. The first-order chi connectivity index (χ1) is 13.3. The van der Waals surface area contributed by atoms with Crippen molar-refractivity contribution in [1.82, 2.24) is 15.3 Å². The van der Waals surface area contributed by atoms with Crippen LogP contribution in [0.4, 0.5) is 11.6 Å². The van der Waals surface area contributed by atoms with Crippen LogP contribution in [0, 0.1) is 0 Å². The van der Waals surface area contributed by atoms with Crippen LogP contribution in [0.2, 0.25) is 10.0 Å². The fourth-order valence-corrected chi connectivity index (χ4v) is 3.87. The van der Waals surface area contributed by atoms with E-state index in [4.69, 9.17) is 34.7 Å². The van der Waals surface area contributed by atoms with Gasteiger partial charge in [-0.15, -0.1) is 11.3 Å². The molecule has 8 nitrogen and oxygen atoms in total. The molecule has 0 radical (unpaired) electrons. The average Bonchev–Trinajstić information content (AvgIpc) is 2.99. The Bertz CT molecular complexity index is 1090. The molecule has 2 heterocycles. The molecule has 2 aromatic heterocycles. The number of anilines is 2. The van der Waals surface area contributed by atoms with Gasteiger partial charge in [-0.3, -0.25) is 9.59 Å². The quantitative estimate of drug-likeness (QED) is 0.466. The minimum absolute atomic E-state index is 0.125. The second-order valence-corrected chi connectivity index (χ2v) is 7.59. The highest BCUT2D eigenvalue weighted by molar-refractivity contribution is 7.21. The third-order valence-electron chi connectivity index (χ3n) is 3.87. The number of halogens is 2. The van der Waals surface area contributed by atoms with E-state index in [-0.39, 0.29) is 30.5 Å². The molecule has 3 aromatic rings. The van der Waals surface area contributed by atoms with Gasteiger partial charge in [0.15, 0.2) is 0 Å². The van der Waals surface area contributed by atoms with Crippen molar-refractivity contribution in [2.75, 3.05) is 24.6 Å². The van der Waals surface area contributed by atoms with E-state index in [0.717, 1.165) is 11.3 Å². The normalized spacial score (nSPS) is 10.8. The maximum atomic E-state index is 12.1. The maximum absolute atomic E-state index is 12.1. The molecule has 1 aromatic carbocycles. The molecule has 146 valence electrons. The predicted molar refractivity (Wildman–Crippen MR) is 113 cm³/mol. The largest absolute Gasteiger partial charge is 0.397 e. The number of hydrogen-bond acceptors (Lipinski definition) is 7. The lowest BCUT2D eigenvalue weighted by molar-refractivity contribution is -0.117. The second kappa shape index (κ2) is 8.17. The molecule has 0 fully saturated rings. The number of fused-ring (bicyclic) bond motifs is 1. The fourth-order valence-electron chi connectivity index (χ4n) is 2.53. The fraction of sp³-hybridized carbons (Fsp3) is 0.176. The number of rotatable bonds is 6. The summed E-state index contributed by atoms with van der Waals surface area (Å²) in [6.07, 6.45) is 0.125. The van der Waals surface area contributed by atoms with Crippen molar-refractivity contribution in [3.8, 4) is 11.3 Å². The van der Waals surface area contributed by atoms with E-state index < -0.39 is 5.91 Å². The van der Waals surface area contributed by atoms with Gasteiger partial charge in [0.05, 0.1) is 26.8 Å². The van der Waals surface area contributed by atoms with E-state index in [1.807, 2.05) is 0 Å². The number of carbonyl (C=O) groups is 2. The van der Waals surface area contributed by atoms with E-state index in [1.54, 1.807) is 18.2 Å². The molecule has 0 aliphatic carbocycles. The first kappa shape index (κ1) is 20.1. The lowest BCUT2D eigenvalue weighted by Gasteiger charge is -2.09. The van der Waals surface area contributed by atoms with E-state index in [2.05, 4.69) is 20.6 Å². The Balaban J connectivity index is 2.19. The number of aromatic nitrogens is 2. The molecule has 2 amide bonds. The van der Waals surface area contributed by atoms with Crippen LogP contribution < -0.4 is 22.1 Å². The van der Waals surface area contributed by atoms with Crippen molar-refractivity contribution in [3.05, 3.63) is 33.1 Å². The summed E-state index contributed by atoms with van der Waals surface area (Å²) in [5, 5.41) is 6.82. The SMILES string of the molecule is CNC(=O)c1sc2nc(NCCC(N)=O)nc(-c3ccc(Cl)c(Cl)c3)c2c1N. The van der Waals surface area contributed by atoms with Gasteiger partial charge in [0.1, 0.15) is 9.71 Å². The van der Waals surface area contributed by atoms with Gasteiger partial charge in [0.25, 0.3) is 5.91 Å². The van der Waals surface area contributed by atoms with Crippen molar-refractivity contribution >= 4 is 68.2 Å². The molecule has 6 N–H and O–H groups in total. The zero-order chi connectivity index (χ0) is 20.4. The lowest BCUT2D eigenvalue weighted by atomic mass is 10.1. The third kappa shape index (κ3) is 3.96. The van der Waals surface area contributed by atoms with E-state index in [0.29, 0.717) is 36.4 Å². The Kier molecular flexibility index (Phi) is 5.87. The third-order valence-corrected chi connectivity index (χ3v) is 5.71. The Labute approximate surface area is 174 Å². The van der Waals surface area contributed by atoms with Gasteiger partial charge in [0.2, 0.25) is 11.9 Å². The summed E-state index contributed by atoms with van der Waals surface area (Å²) in [5.41, 5.74) is 12.8. The summed E-state index contributed by atoms with van der Waals surface area (Å²) < 4.78 is 0. The van der Waals surface area contributed by atoms with Gasteiger partial charge in [0, 0.05) is 25.6 Å². The van der Waals surface area contributed by atoms with E-state index in [1.165, 1.54) is 7.05 Å². The Morgan fingerprint density at radius 2 is 1.96 bits per heavy atom. The van der Waals surface area contributed by atoms with Crippen LogP contribution in [0.15, 0.2) is 18.2 Å². The molecular formula is C17H16Cl2N6O2S. The van der Waals surface area contributed by atoms with Gasteiger partial charge in [-0.2, -0.15) is 0 Å². The average molecular weight is 439 g/mol. The van der Waals surface area contributed by atoms with Crippen LogP contribution in [0.25, 0.3) is 21.5 Å². The smallest absolute Gasteiger partial charge is 0.263 e. The Morgan fingerprint density at radius 1 is 1.21 bits per heavy atom. The lowest BCUT2D eigenvalue weighted by Crippen LogP contribution is -2.17. The van der Waals surface area contributed by atoms with Crippen molar-refractivity contribution < 1.29 is 9.59 Å². The van der Waals surface area contributed by atoms with Crippen LogP contribution in [-0.2, 0) is 4.79 Å². The number of thiophene rings is 1. The molecule has 0 saturated heterocycles. The number of hydrogen-bond donors (Lipinski definition) is 4. The maximum Gasteiger partial charge on any atom is 0.263 e. The van der Waals surface area contributed by atoms with Crippen molar-refractivity contribution in [2.24, 2.45) is 5.73 Å². The highest BCUT2D eigenvalue weighted by Gasteiger charge is 2.22. The number of benzene rings is 1. The van der Waals surface area contributed by atoms with E-state index in [9.17, 15) is 9.59 Å². The molecule has 28 heavy (non-hydrogen) atoms. The summed E-state index contributed by atoms with van der Waals surface area (Å²) >= 11 is 13.3. The molecule has 0 atom stereocenters. The summed E-state index contributed by atoms with van der Waals surface area (Å²) in [4.78, 5) is 32.9. The van der Waals surface area contributed by atoms with Crippen LogP contribution >= 0.6 is 34.5 Å². The van der Waals surface area contributed by atoms with Crippen molar-refractivity contribution in [3.63, 3.8) is 0 Å². The van der Waals surface area contributed by atoms with Crippen LogP contribution in [0.5, 0.6) is 0 Å². The molecule has 0 saturated carbocycles. The van der Waals surface area contributed by atoms with Gasteiger partial charge < -0.3 is 22.1 Å². The second-order valence-electron chi connectivity index (χ2n) is 5.77. The first-order valence-electron chi connectivity index (χ1n) is 8.11. The molecule has 11 heteroatoms. The summed E-state index contributed by atoms with van der Waals surface area (Å²) in [7, 11) is 1.52. The monoisotopic (exact) mass is 438 g/mol. The van der Waals surface area contributed by atoms with Gasteiger partial charge in [-0.1, -0.05) is 29.3 Å². The summed E-state index contributed by atoms with van der Waals surface area (Å²) in [6.45, 7) is 0.269. The number of primary amides is 1. The number of nitrogens with two attached hydrogens (primary N) is 2. The van der Waals surface area contributed by atoms with Crippen molar-refractivity contribution in [1.29, 1.82) is 0 Å². The molecule has 0 bridgehead atoms. The van der Waals surface area contributed by atoms with Gasteiger partial charge >= 0.3 is 0 Å². The highest BCUT2D eigenvalue weighted by Crippen LogP contribution is 2.40. The number of amides is 2. The number of nitrogens with one attached hydrogen (secondary N) is 2. The summed E-state index contributed by atoms with van der Waals surface area (Å²) in [5.74, 6) is -0.482. The molecule has 0 aliphatic heterocycles. The first-order valence-corrected chi connectivity index (χ1v) is 9.68. The highest BCUT2D eigenvalue weighted by atomic mass is 35.5. The minimum Gasteiger partial charge on any atom is -0.397 e. The zero-order valence-electron chi connectivity index (χ0n) is 14.7. The molecule has 3 rings (SSSR count). The number of nitrogens with zero attached hydrogens (tertiary/aromatic N) is 2. The number of carbonyl (C=O) groups excluding carboxylic acids is 2. The number of nitrogen functional groups attached to an aromatic ring is 1. The van der Waals surface area contributed by atoms with Crippen LogP contribution in [-0.4, -0.2) is 35.4 Å². The molecule has 0 unspecified atom stereocenters. The zero-order valence-corrected chi connectivity index (χ0v) is 17.0. The predicted octanol–water partition coefficient (Wildman–Crippen LogP) is 2.89. The molecular weight excluding hydrogens is 423 g/mol. The topological polar surface area (TPSA) is 136 Å². The van der Waals surface area contributed by atoms with Crippen molar-refractivity contribution in [2.45, 2.75) is 6.42 Å². The molecule has 0 aliphatic rings. The summed E-state index contributed by atoms with van der Waals surface area (Å²) in [6, 6.07) is 5.06. The standard InChI is InChI=1S/C17H16Cl2N6O2S/c1-22-15(27)14-12(21)11-13(7-2-3-8(18)9(19)6-7)24-17(25-16(11)28-14)23-5-4-10(20)26/h2-3,6H,4-5,21H2,1H3,(H2,20,26)(H,22,27)(H,23,24,25). The van der Waals surface area contributed by atoms with E-state index >= 15 is 0 Å². The minimum atomic E-state index is -0.444. The Morgan fingerprint density at radius 3 is 2.61 bits per heavy atom. The Hall–Kier alpha value is -2.62. The van der Waals surface area contributed by atoms with Gasteiger partial charge in [-0.25, -0.2) is 9.97 Å². The van der Waals surface area contributed by atoms with Crippen LogP contribution in [0.1, 0.15) is 16.1 Å². The van der Waals surface area contributed by atoms with Crippen LogP contribution in [0.3, 0.4) is 0 Å².